The summed E-state index contributed by atoms with van der Waals surface area (Å²) in [7, 11) is 0. The zero-order chi connectivity index (χ0) is 12.0. The topological polar surface area (TPSA) is 29.5 Å². The van der Waals surface area contributed by atoms with Gasteiger partial charge in [0.25, 0.3) is 0 Å². The summed E-state index contributed by atoms with van der Waals surface area (Å²) >= 11 is 0. The van der Waals surface area contributed by atoms with E-state index in [1.165, 1.54) is 18.4 Å². The molecular formula is C15H20O2. The molecule has 0 saturated heterocycles. The third kappa shape index (κ3) is 1.66. The van der Waals surface area contributed by atoms with Crippen molar-refractivity contribution in [3.05, 3.63) is 29.3 Å². The first-order valence-corrected chi connectivity index (χ1v) is 6.58. The van der Waals surface area contributed by atoms with Crippen molar-refractivity contribution in [3.63, 3.8) is 0 Å². The smallest absolute Gasteiger partial charge is 0.125 e. The summed E-state index contributed by atoms with van der Waals surface area (Å²) in [6.45, 7) is 4.30. The number of fused-ring (bicyclic) bond motifs is 1. The number of hydrogen-bond acceptors (Lipinski definition) is 2. The zero-order valence-electron chi connectivity index (χ0n) is 10.6. The van der Waals surface area contributed by atoms with E-state index in [0.717, 1.165) is 24.2 Å². The van der Waals surface area contributed by atoms with Gasteiger partial charge in [-0.1, -0.05) is 18.6 Å². The van der Waals surface area contributed by atoms with Gasteiger partial charge in [-0.15, -0.1) is 0 Å². The van der Waals surface area contributed by atoms with Crippen LogP contribution in [0.2, 0.25) is 0 Å². The van der Waals surface area contributed by atoms with Gasteiger partial charge < -0.3 is 9.84 Å². The zero-order valence-corrected chi connectivity index (χ0v) is 10.6. The molecule has 2 aliphatic rings. The number of aryl methyl sites for hydroxylation is 1. The lowest BCUT2D eigenvalue weighted by Crippen LogP contribution is -2.43. The fourth-order valence-electron chi connectivity index (χ4n) is 3.39. The summed E-state index contributed by atoms with van der Waals surface area (Å²) in [4.78, 5) is 0. The van der Waals surface area contributed by atoms with E-state index in [0.29, 0.717) is 5.92 Å². The molecule has 2 heteroatoms. The molecule has 1 saturated carbocycles. The van der Waals surface area contributed by atoms with Crippen LogP contribution >= 0.6 is 0 Å². The highest BCUT2D eigenvalue weighted by atomic mass is 16.5. The summed E-state index contributed by atoms with van der Waals surface area (Å²) < 4.78 is 6.26. The quantitative estimate of drug-likeness (QED) is 0.743. The number of aliphatic hydroxyl groups is 1. The Labute approximate surface area is 103 Å². The Bertz CT molecular complexity index is 441. The highest BCUT2D eigenvalue weighted by Gasteiger charge is 2.47. The van der Waals surface area contributed by atoms with Gasteiger partial charge in [0.05, 0.1) is 6.10 Å². The van der Waals surface area contributed by atoms with Crippen LogP contribution in [0.5, 0.6) is 5.75 Å². The van der Waals surface area contributed by atoms with Crippen LogP contribution in [0.15, 0.2) is 18.2 Å². The maximum atomic E-state index is 10.3. The molecule has 92 valence electrons. The minimum absolute atomic E-state index is 0.109. The van der Waals surface area contributed by atoms with Crippen molar-refractivity contribution in [1.82, 2.24) is 0 Å². The first kappa shape index (κ1) is 11.1. The minimum Gasteiger partial charge on any atom is -0.487 e. The molecule has 1 aliphatic carbocycles. The maximum absolute atomic E-state index is 10.3. The highest BCUT2D eigenvalue weighted by molar-refractivity contribution is 5.41. The van der Waals surface area contributed by atoms with E-state index >= 15 is 0 Å². The molecule has 0 aromatic heterocycles. The second-order valence-corrected chi connectivity index (χ2v) is 5.72. The molecule has 0 bridgehead atoms. The third-order valence-electron chi connectivity index (χ3n) is 4.51. The third-order valence-corrected chi connectivity index (χ3v) is 4.51. The van der Waals surface area contributed by atoms with Gasteiger partial charge in [0, 0.05) is 12.0 Å². The van der Waals surface area contributed by atoms with Crippen molar-refractivity contribution in [2.45, 2.75) is 51.2 Å². The predicted molar refractivity (Wildman–Crippen MR) is 67.1 cm³/mol. The van der Waals surface area contributed by atoms with Crippen LogP contribution in [-0.2, 0) is 0 Å². The van der Waals surface area contributed by atoms with E-state index in [9.17, 15) is 5.11 Å². The number of aliphatic hydroxyl groups excluding tert-OH is 1. The van der Waals surface area contributed by atoms with Crippen LogP contribution in [0.1, 0.15) is 49.8 Å². The Kier molecular flexibility index (Phi) is 2.44. The molecule has 1 aliphatic heterocycles. The molecule has 1 heterocycles. The van der Waals surface area contributed by atoms with E-state index < -0.39 is 0 Å². The molecule has 3 atom stereocenters. The van der Waals surface area contributed by atoms with Gasteiger partial charge in [-0.05, 0) is 44.2 Å². The Morgan fingerprint density at radius 2 is 2.24 bits per heavy atom. The lowest BCUT2D eigenvalue weighted by molar-refractivity contribution is -0.0356. The fraction of sp³-hybridized carbons (Fsp3) is 0.600. The van der Waals surface area contributed by atoms with Crippen molar-refractivity contribution < 1.29 is 9.84 Å². The van der Waals surface area contributed by atoms with Crippen LogP contribution in [0.25, 0.3) is 0 Å². The molecule has 17 heavy (non-hydrogen) atoms. The highest BCUT2D eigenvalue weighted by Crippen LogP contribution is 2.49. The van der Waals surface area contributed by atoms with Gasteiger partial charge >= 0.3 is 0 Å². The second-order valence-electron chi connectivity index (χ2n) is 5.72. The van der Waals surface area contributed by atoms with Crippen molar-refractivity contribution >= 4 is 0 Å². The van der Waals surface area contributed by atoms with E-state index in [4.69, 9.17) is 4.74 Å². The number of benzene rings is 1. The number of ether oxygens (including phenoxy) is 1. The summed E-state index contributed by atoms with van der Waals surface area (Å²) in [6, 6.07) is 6.12. The standard InChI is InChI=1S/C15H20O2/c1-10-5-6-14-12(8-10)13(16)9-15(17-14)7-3-4-11(15)2/h5-6,8,11,13,16H,3-4,7,9H2,1-2H3. The molecule has 1 aromatic rings. The monoisotopic (exact) mass is 232 g/mol. The van der Waals surface area contributed by atoms with E-state index in [1.54, 1.807) is 0 Å². The van der Waals surface area contributed by atoms with Gasteiger partial charge in [0.15, 0.2) is 0 Å². The molecule has 3 rings (SSSR count). The lowest BCUT2D eigenvalue weighted by atomic mass is 9.82. The summed E-state index contributed by atoms with van der Waals surface area (Å²) in [5.74, 6) is 1.44. The number of hydrogen-bond donors (Lipinski definition) is 1. The maximum Gasteiger partial charge on any atom is 0.125 e. The van der Waals surface area contributed by atoms with Crippen molar-refractivity contribution in [3.8, 4) is 5.75 Å². The summed E-state index contributed by atoms with van der Waals surface area (Å²) in [5, 5.41) is 10.3. The van der Waals surface area contributed by atoms with Crippen LogP contribution in [0, 0.1) is 12.8 Å². The first-order valence-electron chi connectivity index (χ1n) is 6.58. The van der Waals surface area contributed by atoms with Crippen LogP contribution < -0.4 is 4.74 Å². The molecule has 0 amide bonds. The van der Waals surface area contributed by atoms with Crippen molar-refractivity contribution in [1.29, 1.82) is 0 Å². The average molecular weight is 232 g/mol. The van der Waals surface area contributed by atoms with E-state index in [-0.39, 0.29) is 11.7 Å². The van der Waals surface area contributed by atoms with Gasteiger partial charge in [-0.2, -0.15) is 0 Å². The fourth-order valence-corrected chi connectivity index (χ4v) is 3.39. The van der Waals surface area contributed by atoms with Crippen LogP contribution in [0.3, 0.4) is 0 Å². The van der Waals surface area contributed by atoms with Crippen LogP contribution in [0.4, 0.5) is 0 Å². The van der Waals surface area contributed by atoms with E-state index in [1.807, 2.05) is 12.1 Å². The minimum atomic E-state index is -0.362. The Morgan fingerprint density at radius 1 is 1.41 bits per heavy atom. The van der Waals surface area contributed by atoms with Gasteiger partial charge in [0.1, 0.15) is 11.4 Å². The van der Waals surface area contributed by atoms with Crippen molar-refractivity contribution in [2.24, 2.45) is 5.92 Å². The van der Waals surface area contributed by atoms with Gasteiger partial charge in [0.2, 0.25) is 0 Å². The normalized spacial score (nSPS) is 35.7. The van der Waals surface area contributed by atoms with E-state index in [2.05, 4.69) is 19.9 Å². The average Bonchev–Trinajstić information content (AvgIpc) is 2.62. The SMILES string of the molecule is Cc1ccc2c(c1)C(O)CC1(CCCC1C)O2. The molecule has 1 spiro atoms. The lowest BCUT2D eigenvalue weighted by Gasteiger charge is -2.41. The predicted octanol–water partition coefficient (Wildman–Crippen LogP) is 3.37. The number of rotatable bonds is 0. The summed E-state index contributed by atoms with van der Waals surface area (Å²) in [6.07, 6.45) is 3.91. The Morgan fingerprint density at radius 3 is 2.94 bits per heavy atom. The molecule has 1 fully saturated rings. The molecule has 3 unspecified atom stereocenters. The second kappa shape index (κ2) is 3.74. The molecule has 0 radical (unpaired) electrons. The van der Waals surface area contributed by atoms with Crippen LogP contribution in [-0.4, -0.2) is 10.7 Å². The van der Waals surface area contributed by atoms with Gasteiger partial charge in [-0.25, -0.2) is 0 Å². The largest absolute Gasteiger partial charge is 0.487 e. The van der Waals surface area contributed by atoms with Crippen molar-refractivity contribution in [2.75, 3.05) is 0 Å². The molecule has 1 N–H and O–H groups in total. The molecule has 1 aromatic carbocycles. The first-order chi connectivity index (χ1) is 8.11. The Hall–Kier alpha value is -1.02. The molecule has 2 nitrogen and oxygen atoms in total. The molecular weight excluding hydrogens is 212 g/mol. The van der Waals surface area contributed by atoms with Gasteiger partial charge in [-0.3, -0.25) is 0 Å². The Balaban J connectivity index is 2.01. The summed E-state index contributed by atoms with van der Waals surface area (Å²) in [5.41, 5.74) is 2.04.